The van der Waals surface area contributed by atoms with Crippen LogP contribution in [0.5, 0.6) is 0 Å². The van der Waals surface area contributed by atoms with Crippen LogP contribution in [0.2, 0.25) is 5.02 Å². The molecule has 26 rings (SSSR count). The molecule has 748 valence electrons. The third-order valence-electron chi connectivity index (χ3n) is 26.6. The normalized spacial score (nSPS) is 19.6. The fourth-order valence-electron chi connectivity index (χ4n) is 18.3. The Bertz CT molecular complexity index is 8120. The number of nitrogens with one attached hydrogen (secondary N) is 15. The van der Waals surface area contributed by atoms with E-state index in [4.69, 9.17) is 36.5 Å². The molecule has 6 aliphatic heterocycles. The molecule has 17 N–H and O–H groups in total. The van der Waals surface area contributed by atoms with Gasteiger partial charge < -0.3 is 103 Å². The number of carbonyl (C=O) groups excluding carboxylic acids is 3. The largest absolute Gasteiger partial charge is 0.394 e. The molecule has 5 saturated carbocycles. The molecule has 5 aliphatic carbocycles. The second-order valence-corrected chi connectivity index (χ2v) is 39.2. The summed E-state index contributed by atoms with van der Waals surface area (Å²) < 4.78 is 10.8. The summed E-state index contributed by atoms with van der Waals surface area (Å²) in [5, 5.41) is 85.3. The lowest BCUT2D eigenvalue weighted by Crippen LogP contribution is -2.36. The molecule has 146 heavy (non-hydrogen) atoms. The van der Waals surface area contributed by atoms with Gasteiger partial charge in [0.15, 0.2) is 28.2 Å². The number of H-pyrrole nitrogens is 4. The zero-order chi connectivity index (χ0) is 100. The summed E-state index contributed by atoms with van der Waals surface area (Å²) in [6.07, 6.45) is 42.5. The number of imidazole rings is 2. The number of aromatic amines is 4. The molecule has 0 spiro atoms. The molecule has 0 unspecified atom stereocenters. The first-order chi connectivity index (χ1) is 70.9. The molecule has 1 aromatic carbocycles. The molecule has 6 saturated heterocycles. The topological polar surface area (TPSA) is 513 Å². The Kier molecular flexibility index (Phi) is 25.9. The van der Waals surface area contributed by atoms with Crippen LogP contribution in [-0.4, -0.2) is 235 Å². The number of hydrogen-bond donors (Lipinski definition) is 17. The first kappa shape index (κ1) is 94.1. The van der Waals surface area contributed by atoms with E-state index in [9.17, 15) is 34.2 Å². The molecule has 3 amide bonds. The Morgan fingerprint density at radius 1 is 0.432 bits per heavy atom. The molecular weight excluding hydrogens is 1880 g/mol. The lowest BCUT2D eigenvalue weighted by molar-refractivity contribution is -0.116. The van der Waals surface area contributed by atoms with Crippen molar-refractivity contribution in [1.29, 1.82) is 0 Å². The van der Waals surface area contributed by atoms with Crippen molar-refractivity contribution in [3.63, 3.8) is 0 Å². The number of amides is 3. The number of benzene rings is 1. The Morgan fingerprint density at radius 3 is 1.27 bits per heavy atom. The van der Waals surface area contributed by atoms with E-state index in [1.807, 2.05) is 89.6 Å². The van der Waals surface area contributed by atoms with Gasteiger partial charge in [0.1, 0.15) is 58.2 Å². The van der Waals surface area contributed by atoms with E-state index in [2.05, 4.69) is 175 Å². The summed E-state index contributed by atoms with van der Waals surface area (Å²) in [6, 6.07) is 24.4. The summed E-state index contributed by atoms with van der Waals surface area (Å²) in [7, 11) is 2.16. The molecule has 11 aliphatic rings. The van der Waals surface area contributed by atoms with Crippen LogP contribution in [0.25, 0.3) is 77.5 Å². The van der Waals surface area contributed by atoms with Crippen molar-refractivity contribution >= 4 is 171 Å². The number of allylic oxidation sites excluding steroid dienone is 3. The van der Waals surface area contributed by atoms with Gasteiger partial charge in [-0.05, 0) is 177 Å². The number of halogens is 1. The molecule has 14 aromatic heterocycles. The highest BCUT2D eigenvalue weighted by molar-refractivity contribution is 6.30. The Balaban J connectivity index is 0.000000104. The number of carbonyl (C=O) groups is 3. The smallest absolute Gasteiger partial charge is 0.323 e. The molecule has 2 atom stereocenters. The molecule has 0 bridgehead atoms. The van der Waals surface area contributed by atoms with Gasteiger partial charge in [0, 0.05) is 191 Å². The number of piperidine rings is 1. The summed E-state index contributed by atoms with van der Waals surface area (Å²) in [4.78, 5) is 105. The monoisotopic (exact) mass is 1990 g/mol. The van der Waals surface area contributed by atoms with Crippen LogP contribution < -0.4 is 101 Å². The van der Waals surface area contributed by atoms with Gasteiger partial charge >= 0.3 is 11.4 Å². The number of anilines is 12. The highest BCUT2D eigenvalue weighted by atomic mass is 35.5. The fraction of sp³-hybridized carbons (Fsp3) is 0.324. The van der Waals surface area contributed by atoms with Crippen molar-refractivity contribution < 1.29 is 24.6 Å². The van der Waals surface area contributed by atoms with Gasteiger partial charge in [-0.1, -0.05) is 50.6 Å². The Morgan fingerprint density at radius 2 is 0.856 bits per heavy atom. The van der Waals surface area contributed by atoms with Gasteiger partial charge in [0.2, 0.25) is 0 Å². The van der Waals surface area contributed by atoms with E-state index < -0.39 is 0 Å². The quantitative estimate of drug-likeness (QED) is 0.0241. The molecule has 0 radical (unpaired) electrons. The van der Waals surface area contributed by atoms with E-state index in [-0.39, 0.29) is 47.9 Å². The van der Waals surface area contributed by atoms with Gasteiger partial charge in [-0.3, -0.25) is 19.4 Å². The molecule has 44 heteroatoms. The third kappa shape index (κ3) is 21.7. The van der Waals surface area contributed by atoms with Crippen molar-refractivity contribution in [2.75, 3.05) is 98.7 Å². The number of rotatable bonds is 25. The predicted octanol–water partition coefficient (Wildman–Crippen LogP) is 8.04. The van der Waals surface area contributed by atoms with Crippen LogP contribution in [0.1, 0.15) is 143 Å². The first-order valence-corrected chi connectivity index (χ1v) is 49.6. The number of aromatic nitrogens is 22. The van der Waals surface area contributed by atoms with E-state index in [1.54, 1.807) is 84.5 Å². The molecule has 11 fully saturated rings. The summed E-state index contributed by atoms with van der Waals surface area (Å²) >= 11 is 6.04. The number of aliphatic hydroxyl groups is 2. The van der Waals surface area contributed by atoms with E-state index >= 15 is 0 Å². The van der Waals surface area contributed by atoms with Crippen LogP contribution in [-0.2, 0) is 14.4 Å². The maximum absolute atomic E-state index is 12.1. The Hall–Kier alpha value is -16.8. The third-order valence-corrected chi connectivity index (χ3v) is 26.8. The van der Waals surface area contributed by atoms with Crippen LogP contribution in [0, 0.1) is 0 Å². The SMILES string of the molecule is C=C1C/C(=C\c2cnn3c(NC4CC4)cc(N4CCC[C@H]4CO)nc23)C(=O)N1.C=C1C/C(=C\c2cnn3c(NC4CC4)cc(N4CC[C@H](O)C4)nc23)C(=O)N1.C=C1C/C(=C\c2cnn3c(NC4CC4)cc(NC4CCN(C)CC4)nc23)C(=O)N1.C=c1[nH]c(=O)[nH]/c1=C\c1cnn2c(NC3CC3)cc(Nc3cccc(-n4cccn4)c3)nc12.C=c1[nH]c(=O)[nH]/c1=C\c1cnn2c(NC3CC3)cc(Nc3cncc(Cl)c3)nc12. The number of β-amino-alcohol motifs (C(OH)–C–C–N with tert-alkyl or cyclic N) is 1. The average Bonchev–Trinajstić information content (AvgIpc) is 1.60. The van der Waals surface area contributed by atoms with Gasteiger partial charge in [0.05, 0.1) is 93.7 Å². The standard InChI is InChI=1S/C23H21N9O.C21H27N7O.C20H24N6O2.C19H17ClN8O.C19H22N6O2/c1-14-19(29-23(33)26-14)10-15-13-25-32-21(28-16-6-7-16)12-20(30-22(15)32)27-17-4-2-5-18(11-17)31-9-3-8-24-31;1-13-9-14(21(29)23-13)10-15-12-22-28-19(25-16-3-4-16)11-18(26-20(15)28)24-17-5-7-27(2)8-6-17;1-12-7-13(20(28)22-12)8-14-10-21-26-18(23-15-4-5-15)9-17(24-19(14)26)25-6-2-3-16(25)11-27;1-10-15(26-19(29)23-10)4-11-7-22-28-17(25-13-2-3-13)6-16(27-18(11)28)24-14-5-12(20)8-21-9-14;1-11-6-12(19(27)21-11)7-13-9-20-25-17(22-14-2-3-14)8-16(23-18(13)25)24-5-4-15(26)10-24/h2-5,8-13,16,28H,1,6-7H2,(H,27,30)(H2,26,29,33);10-12,16-17,25H,1,3-9H2,2H3,(H,23,29)(H,24,26);8-10,15-16,23,27H,1-7,11H2,(H,22,28);4-9,13,25H,1-3H2,(H,24,27)(H2,23,26,29);7-9,14-15,22,26H,1-6,10H2,(H,21,27)/b19-10-;14-10+;13-8+;15-4-;12-7+/t;;16-;;15-/m..0.0/s1. The number of nitrogens with zero attached hydrogens (tertiary/aromatic N) is 21. The number of fused-ring (bicyclic) bond motifs is 5. The Labute approximate surface area is 838 Å². The van der Waals surface area contributed by atoms with Gasteiger partial charge in [-0.25, -0.2) is 39.2 Å². The summed E-state index contributed by atoms with van der Waals surface area (Å²) in [5.74, 6) is 7.91. The maximum atomic E-state index is 12.1. The number of likely N-dealkylation sites (tertiary alicyclic amines) is 1. The van der Waals surface area contributed by atoms with Crippen LogP contribution >= 0.6 is 11.6 Å². The van der Waals surface area contributed by atoms with Gasteiger partial charge in [-0.15, -0.1) is 0 Å². The van der Waals surface area contributed by atoms with Crippen LogP contribution in [0.15, 0.2) is 186 Å². The van der Waals surface area contributed by atoms with E-state index in [1.165, 1.54) is 12.8 Å². The molecule has 15 aromatic rings. The highest BCUT2D eigenvalue weighted by Gasteiger charge is 2.34. The number of hydrogen-bond acceptors (Lipinski definition) is 30. The van der Waals surface area contributed by atoms with Crippen LogP contribution in [0.4, 0.5) is 69.6 Å². The average molecular weight is 1990 g/mol. The summed E-state index contributed by atoms with van der Waals surface area (Å²) in [6.45, 7) is 23.8. The number of pyridine rings is 1. The first-order valence-electron chi connectivity index (χ1n) is 49.3. The van der Waals surface area contributed by atoms with Crippen molar-refractivity contribution in [3.05, 3.63) is 251 Å². The zero-order valence-corrected chi connectivity index (χ0v) is 81.0. The van der Waals surface area contributed by atoms with Crippen molar-refractivity contribution in [3.8, 4) is 5.69 Å². The predicted molar refractivity (Wildman–Crippen MR) is 561 cm³/mol. The second kappa shape index (κ2) is 40.2. The lowest BCUT2D eigenvalue weighted by Gasteiger charge is -2.29. The van der Waals surface area contributed by atoms with Crippen molar-refractivity contribution in [1.82, 2.24) is 129 Å². The fourth-order valence-corrected chi connectivity index (χ4v) is 18.5. The maximum Gasteiger partial charge on any atom is 0.323 e. The highest BCUT2D eigenvalue weighted by Crippen LogP contribution is 2.38. The number of aliphatic hydroxyl groups excluding tert-OH is 2. The van der Waals surface area contributed by atoms with Crippen molar-refractivity contribution in [2.45, 2.75) is 164 Å². The van der Waals surface area contributed by atoms with Gasteiger partial charge in [0.25, 0.3) is 17.7 Å². The molecular formula is C102H111ClN36O7. The van der Waals surface area contributed by atoms with Crippen LogP contribution in [0.3, 0.4) is 0 Å². The zero-order valence-electron chi connectivity index (χ0n) is 80.3. The minimum atomic E-state index is -0.317. The van der Waals surface area contributed by atoms with Gasteiger partial charge in [-0.2, -0.15) is 53.2 Å². The van der Waals surface area contributed by atoms with E-state index in [0.29, 0.717) is 151 Å². The van der Waals surface area contributed by atoms with E-state index in [0.717, 1.165) is 212 Å². The minimum absolute atomic E-state index is 0.0914. The molecule has 43 nitrogen and oxygen atoms in total. The lowest BCUT2D eigenvalue weighted by atomic mass is 10.1. The molecule has 20 heterocycles. The summed E-state index contributed by atoms with van der Waals surface area (Å²) in [5.41, 5.74) is 13.5. The minimum Gasteiger partial charge on any atom is -0.394 e. The van der Waals surface area contributed by atoms with Crippen molar-refractivity contribution in [2.24, 2.45) is 0 Å². The second-order valence-electron chi connectivity index (χ2n) is 38.7.